The minimum Gasteiger partial charge on any atom is -0.487 e. The molecule has 0 aromatic carbocycles. The van der Waals surface area contributed by atoms with Gasteiger partial charge in [0.25, 0.3) is 0 Å². The Kier molecular flexibility index (Phi) is 3.65. The van der Waals surface area contributed by atoms with Crippen molar-refractivity contribution in [1.29, 1.82) is 0 Å². The van der Waals surface area contributed by atoms with Gasteiger partial charge >= 0.3 is 0 Å². The molecule has 84 valence electrons. The molecule has 0 saturated heterocycles. The van der Waals surface area contributed by atoms with Crippen LogP contribution in [0.25, 0.3) is 0 Å². The van der Waals surface area contributed by atoms with Crippen molar-refractivity contribution in [2.45, 2.75) is 26.3 Å². The molecule has 15 heavy (non-hydrogen) atoms. The van der Waals surface area contributed by atoms with Gasteiger partial charge in [0.2, 0.25) is 0 Å². The van der Waals surface area contributed by atoms with Crippen molar-refractivity contribution in [3.8, 4) is 5.06 Å². The molecule has 1 aromatic rings. The molecule has 1 aromatic heterocycles. The number of ether oxygens (including phenoxy) is 1. The van der Waals surface area contributed by atoms with Crippen LogP contribution in [-0.4, -0.2) is 13.7 Å². The lowest BCUT2D eigenvalue weighted by Gasteiger charge is -2.10. The summed E-state index contributed by atoms with van der Waals surface area (Å²) in [6.45, 7) is 4.47. The zero-order valence-corrected chi connectivity index (χ0v) is 10.3. The highest BCUT2D eigenvalue weighted by Gasteiger charge is 2.27. The van der Waals surface area contributed by atoms with Gasteiger partial charge in [-0.2, -0.15) is 0 Å². The van der Waals surface area contributed by atoms with Gasteiger partial charge in [0.15, 0.2) is 5.06 Å². The van der Waals surface area contributed by atoms with Crippen LogP contribution in [0.3, 0.4) is 0 Å². The van der Waals surface area contributed by atoms with E-state index in [1.165, 1.54) is 17.7 Å². The molecule has 1 N–H and O–H groups in total. The van der Waals surface area contributed by atoms with Gasteiger partial charge in [-0.05, 0) is 43.4 Å². The molecule has 1 aliphatic carbocycles. The molecule has 0 aliphatic heterocycles. The minimum atomic E-state index is 0.840. The average Bonchev–Trinajstić information content (AvgIpc) is 2.99. The first-order valence-corrected chi connectivity index (χ1v) is 6.44. The van der Waals surface area contributed by atoms with E-state index in [4.69, 9.17) is 4.74 Å². The summed E-state index contributed by atoms with van der Waals surface area (Å²) < 4.78 is 5.16. The van der Waals surface area contributed by atoms with Crippen molar-refractivity contribution >= 4 is 11.3 Å². The Morgan fingerprint density at radius 1 is 1.53 bits per heavy atom. The summed E-state index contributed by atoms with van der Waals surface area (Å²) >= 11 is 1.72. The predicted octanol–water partition coefficient (Wildman–Crippen LogP) is 2.89. The van der Waals surface area contributed by atoms with Gasteiger partial charge in [0, 0.05) is 11.4 Å². The maximum atomic E-state index is 5.16. The fraction of sp³-hybridized carbons (Fsp3) is 0.667. The monoisotopic (exact) mass is 225 g/mol. The van der Waals surface area contributed by atoms with E-state index in [1.54, 1.807) is 18.4 Å². The van der Waals surface area contributed by atoms with E-state index in [0.717, 1.165) is 30.0 Å². The smallest absolute Gasteiger partial charge is 0.173 e. The Labute approximate surface area is 95.6 Å². The number of hydrogen-bond acceptors (Lipinski definition) is 3. The van der Waals surface area contributed by atoms with Crippen molar-refractivity contribution in [2.24, 2.45) is 11.8 Å². The molecule has 0 radical (unpaired) electrons. The van der Waals surface area contributed by atoms with Gasteiger partial charge in [0.05, 0.1) is 7.11 Å². The Balaban J connectivity index is 1.68. The lowest BCUT2D eigenvalue weighted by molar-refractivity contribution is 0.427. The molecular formula is C12H19NOS. The van der Waals surface area contributed by atoms with E-state index in [1.807, 2.05) is 6.07 Å². The first-order chi connectivity index (χ1) is 7.29. The van der Waals surface area contributed by atoms with Crippen molar-refractivity contribution < 1.29 is 4.74 Å². The normalized spacial score (nSPS) is 17.7. The lowest BCUT2D eigenvalue weighted by atomic mass is 10.1. The van der Waals surface area contributed by atoms with Crippen LogP contribution in [0.5, 0.6) is 5.06 Å². The molecule has 1 fully saturated rings. The van der Waals surface area contributed by atoms with E-state index in [-0.39, 0.29) is 0 Å². The third-order valence-corrected chi connectivity index (χ3v) is 4.08. The largest absolute Gasteiger partial charge is 0.487 e. The fourth-order valence-electron chi connectivity index (χ4n) is 1.82. The zero-order valence-electron chi connectivity index (χ0n) is 9.45. The molecule has 2 rings (SSSR count). The Bertz CT molecular complexity index is 306. The van der Waals surface area contributed by atoms with E-state index in [2.05, 4.69) is 18.3 Å². The van der Waals surface area contributed by atoms with Gasteiger partial charge in [-0.25, -0.2) is 0 Å². The third kappa shape index (κ3) is 3.21. The molecule has 0 amide bonds. The van der Waals surface area contributed by atoms with E-state index in [0.29, 0.717) is 0 Å². The Hall–Kier alpha value is -0.540. The van der Waals surface area contributed by atoms with Crippen LogP contribution >= 0.6 is 11.3 Å². The molecule has 2 nitrogen and oxygen atoms in total. The summed E-state index contributed by atoms with van der Waals surface area (Å²) in [4.78, 5) is 1.36. The number of hydrogen-bond donors (Lipinski definition) is 1. The maximum absolute atomic E-state index is 5.16. The van der Waals surface area contributed by atoms with Crippen LogP contribution in [0.15, 0.2) is 12.1 Å². The van der Waals surface area contributed by atoms with Crippen molar-refractivity contribution in [3.05, 3.63) is 17.0 Å². The van der Waals surface area contributed by atoms with Crippen molar-refractivity contribution in [1.82, 2.24) is 5.32 Å². The Morgan fingerprint density at radius 3 is 2.93 bits per heavy atom. The van der Waals surface area contributed by atoms with Crippen LogP contribution in [0.1, 0.15) is 24.6 Å². The average molecular weight is 225 g/mol. The van der Waals surface area contributed by atoms with Gasteiger partial charge in [-0.3, -0.25) is 0 Å². The molecule has 3 heteroatoms. The zero-order chi connectivity index (χ0) is 10.7. The van der Waals surface area contributed by atoms with Crippen LogP contribution < -0.4 is 10.1 Å². The summed E-state index contributed by atoms with van der Waals surface area (Å²) in [5, 5.41) is 4.52. The quantitative estimate of drug-likeness (QED) is 0.804. The summed E-state index contributed by atoms with van der Waals surface area (Å²) in [6.07, 6.45) is 2.88. The van der Waals surface area contributed by atoms with Crippen LogP contribution in [-0.2, 0) is 6.54 Å². The van der Waals surface area contributed by atoms with Gasteiger partial charge in [-0.15, -0.1) is 11.3 Å². The summed E-state index contributed by atoms with van der Waals surface area (Å²) in [5.41, 5.74) is 0. The number of thiophene rings is 1. The molecule has 0 spiro atoms. The summed E-state index contributed by atoms with van der Waals surface area (Å²) in [7, 11) is 1.72. The molecule has 1 atom stereocenters. The van der Waals surface area contributed by atoms with Crippen LogP contribution in [0.2, 0.25) is 0 Å². The van der Waals surface area contributed by atoms with Gasteiger partial charge in [-0.1, -0.05) is 6.92 Å². The van der Waals surface area contributed by atoms with Crippen LogP contribution in [0, 0.1) is 11.8 Å². The number of nitrogens with one attached hydrogen (secondary N) is 1. The molecule has 0 bridgehead atoms. The highest BCUT2D eigenvalue weighted by Crippen LogP contribution is 2.36. The first-order valence-electron chi connectivity index (χ1n) is 5.63. The number of rotatable bonds is 6. The molecule has 1 unspecified atom stereocenters. The second-order valence-corrected chi connectivity index (χ2v) is 5.50. The lowest BCUT2D eigenvalue weighted by Crippen LogP contribution is -2.21. The van der Waals surface area contributed by atoms with Gasteiger partial charge in [0.1, 0.15) is 0 Å². The van der Waals surface area contributed by atoms with Gasteiger partial charge < -0.3 is 10.1 Å². The first kappa shape index (κ1) is 11.0. The third-order valence-electron chi connectivity index (χ3n) is 3.03. The number of methoxy groups -OCH3 is 1. The van der Waals surface area contributed by atoms with E-state index >= 15 is 0 Å². The Morgan fingerprint density at radius 2 is 2.33 bits per heavy atom. The van der Waals surface area contributed by atoms with Crippen molar-refractivity contribution in [2.75, 3.05) is 13.7 Å². The fourth-order valence-corrected chi connectivity index (χ4v) is 2.61. The maximum Gasteiger partial charge on any atom is 0.173 e. The SMILES string of the molecule is COc1ccc(CNCC(C)C2CC2)s1. The van der Waals surface area contributed by atoms with E-state index in [9.17, 15) is 0 Å². The highest BCUT2D eigenvalue weighted by atomic mass is 32.1. The second-order valence-electron chi connectivity index (χ2n) is 4.37. The minimum absolute atomic E-state index is 0.840. The molecular weight excluding hydrogens is 206 g/mol. The van der Waals surface area contributed by atoms with E-state index < -0.39 is 0 Å². The second kappa shape index (κ2) is 4.99. The van der Waals surface area contributed by atoms with Crippen molar-refractivity contribution in [3.63, 3.8) is 0 Å². The highest BCUT2D eigenvalue weighted by molar-refractivity contribution is 7.13. The standard InChI is InChI=1S/C12H19NOS/c1-9(10-3-4-10)7-13-8-11-5-6-12(14-2)15-11/h5-6,9-10,13H,3-4,7-8H2,1-2H3. The van der Waals surface area contributed by atoms with Crippen LogP contribution in [0.4, 0.5) is 0 Å². The molecule has 1 saturated carbocycles. The molecule has 1 aliphatic rings. The summed E-state index contributed by atoms with van der Waals surface area (Å²) in [6, 6.07) is 4.17. The topological polar surface area (TPSA) is 21.3 Å². The summed E-state index contributed by atoms with van der Waals surface area (Å²) in [5.74, 6) is 1.84. The predicted molar refractivity (Wildman–Crippen MR) is 64.5 cm³/mol. The molecule has 1 heterocycles.